The molecule has 2 rings (SSSR count). The molecule has 1 amide bonds. The van der Waals surface area contributed by atoms with Crippen molar-refractivity contribution in [3.05, 3.63) is 32.4 Å². The average Bonchev–Trinajstić information content (AvgIpc) is 2.66. The summed E-state index contributed by atoms with van der Waals surface area (Å²) in [6.45, 7) is 3.04. The second kappa shape index (κ2) is 6.93. The summed E-state index contributed by atoms with van der Waals surface area (Å²) in [5.74, 6) is 0.132. The van der Waals surface area contributed by atoms with Crippen LogP contribution in [0.3, 0.4) is 0 Å². The minimum absolute atomic E-state index is 0.132. The molecule has 1 atom stereocenters. The van der Waals surface area contributed by atoms with E-state index in [-0.39, 0.29) is 5.91 Å². The number of hydrogen-bond acceptors (Lipinski definition) is 1. The Bertz CT molecular complexity index is 463. The number of carbonyl (C=O) groups excluding carboxylic acids is 1. The maximum Gasteiger partial charge on any atom is 0.254 e. The summed E-state index contributed by atoms with van der Waals surface area (Å²) in [5, 5.41) is 0.661. The predicted molar refractivity (Wildman–Crippen MR) is 87.8 cm³/mol. The van der Waals surface area contributed by atoms with Crippen LogP contribution in [-0.4, -0.2) is 23.4 Å². The van der Waals surface area contributed by atoms with Gasteiger partial charge >= 0.3 is 0 Å². The van der Waals surface area contributed by atoms with Crippen molar-refractivity contribution in [3.63, 3.8) is 0 Å². The molecule has 0 saturated carbocycles. The van der Waals surface area contributed by atoms with Crippen LogP contribution in [0, 0.1) is 3.57 Å². The molecule has 0 N–H and O–H groups in total. The lowest BCUT2D eigenvalue weighted by molar-refractivity contribution is 0.0678. The Balaban J connectivity index is 2.22. The van der Waals surface area contributed by atoms with Gasteiger partial charge in [-0.3, -0.25) is 4.79 Å². The van der Waals surface area contributed by atoms with Gasteiger partial charge in [0.15, 0.2) is 0 Å². The van der Waals surface area contributed by atoms with Gasteiger partial charge in [0.25, 0.3) is 5.91 Å². The number of carbonyl (C=O) groups is 1. The van der Waals surface area contributed by atoms with Crippen LogP contribution in [0.5, 0.6) is 0 Å². The molecule has 104 valence electrons. The number of halogens is 2. The molecule has 19 heavy (non-hydrogen) atoms. The number of amides is 1. The fourth-order valence-electron chi connectivity index (χ4n) is 2.66. The standard InChI is InChI=1S/C15H19ClINO/c1-2-12-6-4-3-5-9-18(12)15(19)11-7-8-14(17)13(16)10-11/h7-8,10,12H,2-6,9H2,1H3. The molecule has 1 saturated heterocycles. The van der Waals surface area contributed by atoms with Gasteiger partial charge in [0.2, 0.25) is 0 Å². The van der Waals surface area contributed by atoms with E-state index in [1.54, 1.807) is 6.07 Å². The van der Waals surface area contributed by atoms with E-state index in [2.05, 4.69) is 29.5 Å². The van der Waals surface area contributed by atoms with Gasteiger partial charge in [0.05, 0.1) is 5.02 Å². The Morgan fingerprint density at radius 1 is 1.42 bits per heavy atom. The third-order valence-corrected chi connectivity index (χ3v) is 5.35. The molecule has 1 heterocycles. The van der Waals surface area contributed by atoms with Crippen LogP contribution < -0.4 is 0 Å². The van der Waals surface area contributed by atoms with Crippen LogP contribution in [0.1, 0.15) is 49.4 Å². The van der Waals surface area contributed by atoms with Gasteiger partial charge in [-0.05, 0) is 60.1 Å². The van der Waals surface area contributed by atoms with Crippen LogP contribution in [-0.2, 0) is 0 Å². The molecule has 0 bridgehead atoms. The lowest BCUT2D eigenvalue weighted by Gasteiger charge is -2.29. The summed E-state index contributed by atoms with van der Waals surface area (Å²) >= 11 is 8.30. The Morgan fingerprint density at radius 3 is 2.89 bits per heavy atom. The van der Waals surface area contributed by atoms with Crippen molar-refractivity contribution >= 4 is 40.1 Å². The topological polar surface area (TPSA) is 20.3 Å². The highest BCUT2D eigenvalue weighted by atomic mass is 127. The van der Waals surface area contributed by atoms with E-state index >= 15 is 0 Å². The summed E-state index contributed by atoms with van der Waals surface area (Å²) in [5.41, 5.74) is 0.714. The monoisotopic (exact) mass is 391 g/mol. The first kappa shape index (κ1) is 15.1. The maximum atomic E-state index is 12.7. The first-order valence-electron chi connectivity index (χ1n) is 6.89. The van der Waals surface area contributed by atoms with Gasteiger partial charge < -0.3 is 4.90 Å². The van der Waals surface area contributed by atoms with Gasteiger partial charge in [-0.25, -0.2) is 0 Å². The number of nitrogens with zero attached hydrogens (tertiary/aromatic N) is 1. The van der Waals surface area contributed by atoms with Crippen molar-refractivity contribution in [2.45, 2.75) is 45.1 Å². The highest BCUT2D eigenvalue weighted by Gasteiger charge is 2.25. The predicted octanol–water partition coefficient (Wildman–Crippen LogP) is 4.74. The molecule has 4 heteroatoms. The summed E-state index contributed by atoms with van der Waals surface area (Å²) in [7, 11) is 0. The normalized spacial score (nSPS) is 20.2. The van der Waals surface area contributed by atoms with Crippen molar-refractivity contribution in [2.75, 3.05) is 6.54 Å². The molecule has 0 aromatic heterocycles. The molecule has 1 aromatic carbocycles. The van der Waals surface area contributed by atoms with Crippen molar-refractivity contribution in [2.24, 2.45) is 0 Å². The van der Waals surface area contributed by atoms with E-state index in [9.17, 15) is 4.79 Å². The number of likely N-dealkylation sites (tertiary alicyclic amines) is 1. The first-order valence-corrected chi connectivity index (χ1v) is 8.35. The number of benzene rings is 1. The Morgan fingerprint density at radius 2 is 2.21 bits per heavy atom. The zero-order valence-corrected chi connectivity index (χ0v) is 14.1. The number of hydrogen-bond donors (Lipinski definition) is 0. The lowest BCUT2D eigenvalue weighted by atomic mass is 10.1. The molecule has 2 nitrogen and oxygen atoms in total. The van der Waals surface area contributed by atoms with Crippen molar-refractivity contribution in [3.8, 4) is 0 Å². The summed E-state index contributed by atoms with van der Waals surface area (Å²) in [6, 6.07) is 5.97. The molecule has 1 aromatic rings. The smallest absolute Gasteiger partial charge is 0.254 e. The molecular formula is C15H19ClINO. The van der Waals surface area contributed by atoms with E-state index < -0.39 is 0 Å². The Labute approximate surface area is 133 Å². The summed E-state index contributed by atoms with van der Waals surface area (Å²) in [6.07, 6.45) is 5.73. The first-order chi connectivity index (χ1) is 9.13. The van der Waals surface area contributed by atoms with Crippen LogP contribution in [0.15, 0.2) is 18.2 Å². The molecule has 0 aliphatic carbocycles. The van der Waals surface area contributed by atoms with Gasteiger partial charge in [-0.1, -0.05) is 31.4 Å². The largest absolute Gasteiger partial charge is 0.336 e. The molecular weight excluding hydrogens is 373 g/mol. The van der Waals surface area contributed by atoms with Gasteiger partial charge in [-0.15, -0.1) is 0 Å². The van der Waals surface area contributed by atoms with Crippen molar-refractivity contribution < 1.29 is 4.79 Å². The highest BCUT2D eigenvalue weighted by molar-refractivity contribution is 14.1. The molecule has 1 unspecified atom stereocenters. The molecule has 1 aliphatic heterocycles. The zero-order chi connectivity index (χ0) is 13.8. The lowest BCUT2D eigenvalue weighted by Crippen LogP contribution is -2.39. The van der Waals surface area contributed by atoms with Crippen molar-refractivity contribution in [1.29, 1.82) is 0 Å². The second-order valence-electron chi connectivity index (χ2n) is 5.04. The van der Waals surface area contributed by atoms with E-state index in [4.69, 9.17) is 11.6 Å². The van der Waals surface area contributed by atoms with Crippen LogP contribution >= 0.6 is 34.2 Å². The SMILES string of the molecule is CCC1CCCCCN1C(=O)c1ccc(I)c(Cl)c1. The van der Waals surface area contributed by atoms with Gasteiger partial charge in [-0.2, -0.15) is 0 Å². The minimum atomic E-state index is 0.132. The third kappa shape index (κ3) is 3.63. The Hall–Kier alpha value is -0.290. The summed E-state index contributed by atoms with van der Waals surface area (Å²) in [4.78, 5) is 14.7. The minimum Gasteiger partial charge on any atom is -0.336 e. The highest BCUT2D eigenvalue weighted by Crippen LogP contribution is 2.24. The quantitative estimate of drug-likeness (QED) is 0.667. The van der Waals surface area contributed by atoms with E-state index in [1.165, 1.54) is 12.8 Å². The molecule has 0 spiro atoms. The second-order valence-corrected chi connectivity index (χ2v) is 6.61. The Kier molecular flexibility index (Phi) is 5.51. The van der Waals surface area contributed by atoms with E-state index in [0.29, 0.717) is 16.6 Å². The molecule has 1 fully saturated rings. The average molecular weight is 392 g/mol. The van der Waals surface area contributed by atoms with E-state index in [1.807, 2.05) is 17.0 Å². The van der Waals surface area contributed by atoms with Crippen LogP contribution in [0.25, 0.3) is 0 Å². The molecule has 0 radical (unpaired) electrons. The van der Waals surface area contributed by atoms with Crippen LogP contribution in [0.2, 0.25) is 5.02 Å². The fraction of sp³-hybridized carbons (Fsp3) is 0.533. The van der Waals surface area contributed by atoms with Gasteiger partial charge in [0.1, 0.15) is 0 Å². The maximum absolute atomic E-state index is 12.7. The number of rotatable bonds is 2. The van der Waals surface area contributed by atoms with Crippen molar-refractivity contribution in [1.82, 2.24) is 4.90 Å². The fourth-order valence-corrected chi connectivity index (χ4v) is 3.18. The zero-order valence-electron chi connectivity index (χ0n) is 11.2. The van der Waals surface area contributed by atoms with Gasteiger partial charge in [0, 0.05) is 21.7 Å². The van der Waals surface area contributed by atoms with Crippen LogP contribution in [0.4, 0.5) is 0 Å². The molecule has 1 aliphatic rings. The third-order valence-electron chi connectivity index (χ3n) is 3.78. The van der Waals surface area contributed by atoms with E-state index in [0.717, 1.165) is 29.4 Å². The summed E-state index contributed by atoms with van der Waals surface area (Å²) < 4.78 is 0.985.